The van der Waals surface area contributed by atoms with Crippen LogP contribution in [-0.4, -0.2) is 34.4 Å². The number of anilines is 2. The first kappa shape index (κ1) is 20.2. The van der Waals surface area contributed by atoms with Crippen molar-refractivity contribution in [3.63, 3.8) is 0 Å². The van der Waals surface area contributed by atoms with Gasteiger partial charge in [0.25, 0.3) is 0 Å². The van der Waals surface area contributed by atoms with E-state index in [1.807, 2.05) is 42.2 Å². The highest BCUT2D eigenvalue weighted by Gasteiger charge is 2.35. The average molecular weight is 434 g/mol. The Bertz CT molecular complexity index is 1190. The van der Waals surface area contributed by atoms with E-state index in [1.165, 1.54) is 36.1 Å². The highest BCUT2D eigenvalue weighted by Crippen LogP contribution is 2.40. The number of ether oxygens (including phenoxy) is 1. The van der Waals surface area contributed by atoms with E-state index >= 15 is 0 Å². The molecule has 0 bridgehead atoms. The highest BCUT2D eigenvalue weighted by molar-refractivity contribution is 6.03. The number of fused-ring (bicyclic) bond motifs is 1. The zero-order chi connectivity index (χ0) is 22.4. The molecule has 2 amide bonds. The summed E-state index contributed by atoms with van der Waals surface area (Å²) in [5.41, 5.74) is 3.07. The third-order valence-corrected chi connectivity index (χ3v) is 5.85. The SMILES string of the molecule is CC(=O)N1c2ccc(-c3cnn(C4CC4)c3)cc2N(C(=O)Oc2ccc(F)cc2)CC1C. The molecule has 1 atom stereocenters. The summed E-state index contributed by atoms with van der Waals surface area (Å²) in [5.74, 6) is -0.253. The lowest BCUT2D eigenvalue weighted by molar-refractivity contribution is -0.117. The van der Waals surface area contributed by atoms with Crippen molar-refractivity contribution in [2.45, 2.75) is 38.8 Å². The summed E-state index contributed by atoms with van der Waals surface area (Å²) in [5, 5.41) is 4.46. The molecule has 7 nitrogen and oxygen atoms in total. The summed E-state index contributed by atoms with van der Waals surface area (Å²) in [6.45, 7) is 3.67. The Hall–Kier alpha value is -3.68. The number of hydrogen-bond donors (Lipinski definition) is 0. The molecule has 2 aromatic carbocycles. The van der Waals surface area contributed by atoms with Crippen molar-refractivity contribution in [3.8, 4) is 16.9 Å². The van der Waals surface area contributed by atoms with Crippen LogP contribution in [0.1, 0.15) is 32.7 Å². The monoisotopic (exact) mass is 434 g/mol. The first-order valence-corrected chi connectivity index (χ1v) is 10.6. The van der Waals surface area contributed by atoms with E-state index in [0.717, 1.165) is 24.0 Å². The molecule has 0 radical (unpaired) electrons. The first-order chi connectivity index (χ1) is 15.4. The molecule has 2 heterocycles. The Morgan fingerprint density at radius 2 is 1.81 bits per heavy atom. The van der Waals surface area contributed by atoms with Crippen molar-refractivity contribution in [1.82, 2.24) is 9.78 Å². The number of carbonyl (C=O) groups excluding carboxylic acids is 2. The van der Waals surface area contributed by atoms with E-state index in [0.29, 0.717) is 17.4 Å². The van der Waals surface area contributed by atoms with Gasteiger partial charge in [0.2, 0.25) is 5.91 Å². The maximum Gasteiger partial charge on any atom is 0.419 e. The van der Waals surface area contributed by atoms with Crippen molar-refractivity contribution in [2.24, 2.45) is 0 Å². The fourth-order valence-corrected chi connectivity index (χ4v) is 4.14. The fraction of sp³-hybridized carbons (Fsp3) is 0.292. The summed E-state index contributed by atoms with van der Waals surface area (Å²) < 4.78 is 20.7. The van der Waals surface area contributed by atoms with Crippen molar-refractivity contribution in [2.75, 3.05) is 16.3 Å². The van der Waals surface area contributed by atoms with E-state index < -0.39 is 11.9 Å². The van der Waals surface area contributed by atoms with E-state index in [-0.39, 0.29) is 24.2 Å². The Morgan fingerprint density at radius 3 is 2.50 bits per heavy atom. The number of rotatable bonds is 3. The van der Waals surface area contributed by atoms with Crippen LogP contribution in [0.25, 0.3) is 11.1 Å². The molecule has 1 unspecified atom stereocenters. The van der Waals surface area contributed by atoms with Gasteiger partial charge in [0.05, 0.1) is 29.7 Å². The smallest absolute Gasteiger partial charge is 0.410 e. The minimum atomic E-state index is -0.585. The van der Waals surface area contributed by atoms with Gasteiger partial charge in [-0.25, -0.2) is 9.18 Å². The van der Waals surface area contributed by atoms with Gasteiger partial charge in [-0.2, -0.15) is 5.10 Å². The molecule has 3 aromatic rings. The molecule has 1 fully saturated rings. The number of halogens is 1. The number of aromatic nitrogens is 2. The largest absolute Gasteiger partial charge is 0.419 e. The lowest BCUT2D eigenvalue weighted by Gasteiger charge is -2.40. The molecule has 1 aliphatic heterocycles. The molecule has 0 N–H and O–H groups in total. The number of benzene rings is 2. The molecule has 5 rings (SSSR count). The third kappa shape index (κ3) is 3.72. The van der Waals surface area contributed by atoms with E-state index in [1.54, 1.807) is 4.90 Å². The van der Waals surface area contributed by atoms with E-state index in [4.69, 9.17) is 4.74 Å². The van der Waals surface area contributed by atoms with Gasteiger partial charge in [-0.15, -0.1) is 0 Å². The van der Waals surface area contributed by atoms with Crippen molar-refractivity contribution >= 4 is 23.4 Å². The van der Waals surface area contributed by atoms with Gasteiger partial charge in [0, 0.05) is 25.2 Å². The summed E-state index contributed by atoms with van der Waals surface area (Å²) in [7, 11) is 0. The minimum Gasteiger partial charge on any atom is -0.410 e. The third-order valence-electron chi connectivity index (χ3n) is 5.85. The summed E-state index contributed by atoms with van der Waals surface area (Å²) in [6, 6.07) is 11.2. The van der Waals surface area contributed by atoms with Crippen LogP contribution in [-0.2, 0) is 4.79 Å². The molecule has 164 valence electrons. The standard InChI is InChI=1S/C24H23FN4O3/c1-15-13-27(24(31)32-21-8-4-19(25)5-9-21)23-11-17(3-10-22(23)29(15)16(2)30)18-12-26-28(14-18)20-6-7-20/h3-5,8-12,14-15,20H,6-7,13H2,1-2H3. The molecular weight excluding hydrogens is 411 g/mol. The number of nitrogens with zero attached hydrogens (tertiary/aromatic N) is 4. The fourth-order valence-electron chi connectivity index (χ4n) is 4.14. The summed E-state index contributed by atoms with van der Waals surface area (Å²) in [6.07, 6.45) is 5.52. The van der Waals surface area contributed by atoms with Crippen LogP contribution in [0.4, 0.5) is 20.6 Å². The van der Waals surface area contributed by atoms with Crippen LogP contribution in [0.2, 0.25) is 0 Å². The Morgan fingerprint density at radius 1 is 1.06 bits per heavy atom. The minimum absolute atomic E-state index is 0.0976. The topological polar surface area (TPSA) is 67.7 Å². The Kier molecular flexibility index (Phi) is 4.92. The van der Waals surface area contributed by atoms with Gasteiger partial charge in [0.15, 0.2) is 0 Å². The lowest BCUT2D eigenvalue weighted by atomic mass is 10.0. The maximum absolute atomic E-state index is 13.2. The quantitative estimate of drug-likeness (QED) is 0.595. The first-order valence-electron chi connectivity index (χ1n) is 10.6. The predicted molar refractivity (Wildman–Crippen MR) is 118 cm³/mol. The van der Waals surface area contributed by atoms with Gasteiger partial charge < -0.3 is 9.64 Å². The van der Waals surface area contributed by atoms with E-state index in [2.05, 4.69) is 5.10 Å². The Balaban J connectivity index is 1.51. The molecule has 1 aromatic heterocycles. The van der Waals surface area contributed by atoms with Crippen LogP contribution in [0.15, 0.2) is 54.9 Å². The van der Waals surface area contributed by atoms with Crippen LogP contribution < -0.4 is 14.5 Å². The van der Waals surface area contributed by atoms with Crippen molar-refractivity contribution in [3.05, 3.63) is 60.7 Å². The maximum atomic E-state index is 13.2. The van der Waals surface area contributed by atoms with Crippen molar-refractivity contribution in [1.29, 1.82) is 0 Å². The zero-order valence-electron chi connectivity index (χ0n) is 17.9. The molecule has 0 saturated heterocycles. The predicted octanol–water partition coefficient (Wildman–Crippen LogP) is 4.78. The lowest BCUT2D eigenvalue weighted by Crippen LogP contribution is -2.52. The number of amides is 2. The molecular formula is C24H23FN4O3. The van der Waals surface area contributed by atoms with E-state index in [9.17, 15) is 14.0 Å². The van der Waals surface area contributed by atoms with Crippen LogP contribution in [0.5, 0.6) is 5.75 Å². The molecule has 8 heteroatoms. The van der Waals surface area contributed by atoms with Gasteiger partial charge in [0.1, 0.15) is 11.6 Å². The highest BCUT2D eigenvalue weighted by atomic mass is 19.1. The van der Waals surface area contributed by atoms with Gasteiger partial charge >= 0.3 is 6.09 Å². The summed E-state index contributed by atoms with van der Waals surface area (Å²) >= 11 is 0. The molecule has 2 aliphatic rings. The number of hydrogen-bond acceptors (Lipinski definition) is 4. The zero-order valence-corrected chi connectivity index (χ0v) is 17.9. The van der Waals surface area contributed by atoms with Gasteiger partial charge in [-0.1, -0.05) is 6.07 Å². The summed E-state index contributed by atoms with van der Waals surface area (Å²) in [4.78, 5) is 28.6. The number of carbonyl (C=O) groups is 2. The molecule has 0 spiro atoms. The van der Waals surface area contributed by atoms with Crippen molar-refractivity contribution < 1.29 is 18.7 Å². The normalized spacial score (nSPS) is 17.8. The molecule has 1 saturated carbocycles. The molecule has 1 aliphatic carbocycles. The average Bonchev–Trinajstić information content (AvgIpc) is 3.50. The molecule has 32 heavy (non-hydrogen) atoms. The Labute approximate surface area is 185 Å². The van der Waals surface area contributed by atoms with Crippen LogP contribution >= 0.6 is 0 Å². The second-order valence-electron chi connectivity index (χ2n) is 8.31. The second-order valence-corrected chi connectivity index (χ2v) is 8.31. The van der Waals surface area contributed by atoms with Crippen LogP contribution in [0, 0.1) is 5.82 Å². The van der Waals surface area contributed by atoms with Gasteiger partial charge in [-0.05, 0) is 61.7 Å². The second kappa shape index (κ2) is 7.78. The van der Waals surface area contributed by atoms with Crippen LogP contribution in [0.3, 0.4) is 0 Å². The van der Waals surface area contributed by atoms with Gasteiger partial charge in [-0.3, -0.25) is 14.4 Å².